The van der Waals surface area contributed by atoms with Crippen LogP contribution in [0, 0.1) is 0 Å². The molecule has 0 saturated heterocycles. The van der Waals surface area contributed by atoms with Crippen LogP contribution in [0.1, 0.15) is 216 Å². The fourth-order valence-electron chi connectivity index (χ4n) is 6.33. The largest absolute Gasteiger partial charge is 0.507 e. The Labute approximate surface area is 279 Å². The highest BCUT2D eigenvalue weighted by Gasteiger charge is 2.22. The molecule has 1 N–H and O–H groups in total. The Morgan fingerprint density at radius 3 is 1.30 bits per heavy atom. The SMILES string of the molecule is CCCCCCCCCCCCSC(SCCCCCCCCCCCC)c1cccc(C(CCC)CCCCC)c1O. The molecule has 43 heavy (non-hydrogen) atoms. The Morgan fingerprint density at radius 2 is 0.860 bits per heavy atom. The number of phenols is 1. The zero-order chi connectivity index (χ0) is 31.2. The molecule has 0 saturated carbocycles. The minimum atomic E-state index is 0.356. The van der Waals surface area contributed by atoms with E-state index in [9.17, 15) is 5.11 Å². The number of rotatable bonds is 32. The van der Waals surface area contributed by atoms with Crippen molar-refractivity contribution in [3.05, 3.63) is 29.3 Å². The lowest BCUT2D eigenvalue weighted by molar-refractivity contribution is 0.442. The Bertz CT molecular complexity index is 694. The van der Waals surface area contributed by atoms with Gasteiger partial charge in [0.05, 0.1) is 4.58 Å². The molecular formula is C40H74OS2. The van der Waals surface area contributed by atoms with Gasteiger partial charge >= 0.3 is 0 Å². The van der Waals surface area contributed by atoms with E-state index in [1.54, 1.807) is 0 Å². The number of aromatic hydroxyl groups is 1. The molecule has 1 atom stereocenters. The van der Waals surface area contributed by atoms with E-state index >= 15 is 0 Å². The summed E-state index contributed by atoms with van der Waals surface area (Å²) >= 11 is 4.21. The second-order valence-corrected chi connectivity index (χ2v) is 15.9. The van der Waals surface area contributed by atoms with Gasteiger partial charge in [0.1, 0.15) is 5.75 Å². The number of benzene rings is 1. The first-order valence-electron chi connectivity index (χ1n) is 19.2. The monoisotopic (exact) mass is 635 g/mol. The minimum Gasteiger partial charge on any atom is -0.507 e. The standard InChI is InChI=1S/C40H74OS2/c1-5-9-12-14-16-18-20-22-24-27-34-42-40(43-35-28-25-23-21-19-17-15-13-10-6-2)38-33-29-32-37(39(38)41)36(30-8-4)31-26-11-7-3/h29,32-33,36,40-41H,5-28,30-31,34-35H2,1-4H3. The molecule has 0 radical (unpaired) electrons. The molecule has 0 heterocycles. The molecule has 0 spiro atoms. The molecule has 252 valence electrons. The molecule has 0 amide bonds. The topological polar surface area (TPSA) is 20.2 Å². The number of hydrogen-bond donors (Lipinski definition) is 1. The molecule has 3 heteroatoms. The van der Waals surface area contributed by atoms with Crippen LogP contribution >= 0.6 is 23.5 Å². The maximum absolute atomic E-state index is 11.6. The highest BCUT2D eigenvalue weighted by Crippen LogP contribution is 2.47. The van der Waals surface area contributed by atoms with Gasteiger partial charge in [-0.3, -0.25) is 0 Å². The third kappa shape index (κ3) is 21.2. The van der Waals surface area contributed by atoms with Crippen molar-refractivity contribution in [1.82, 2.24) is 0 Å². The van der Waals surface area contributed by atoms with Crippen LogP contribution in [0.2, 0.25) is 0 Å². The van der Waals surface area contributed by atoms with Gasteiger partial charge in [-0.15, -0.1) is 23.5 Å². The van der Waals surface area contributed by atoms with Crippen molar-refractivity contribution in [1.29, 1.82) is 0 Å². The van der Waals surface area contributed by atoms with Crippen molar-refractivity contribution in [2.75, 3.05) is 11.5 Å². The molecule has 1 nitrogen and oxygen atoms in total. The molecule has 0 bridgehead atoms. The lowest BCUT2D eigenvalue weighted by Crippen LogP contribution is -2.03. The summed E-state index contributed by atoms with van der Waals surface area (Å²) in [7, 11) is 0. The number of unbranched alkanes of at least 4 members (excludes halogenated alkanes) is 20. The van der Waals surface area contributed by atoms with Crippen LogP contribution in [-0.2, 0) is 0 Å². The van der Waals surface area contributed by atoms with Gasteiger partial charge in [0.2, 0.25) is 0 Å². The van der Waals surface area contributed by atoms with E-state index in [0.717, 1.165) is 0 Å². The second-order valence-electron chi connectivity index (χ2n) is 13.2. The summed E-state index contributed by atoms with van der Waals surface area (Å²) in [6, 6.07) is 6.69. The van der Waals surface area contributed by atoms with Gasteiger partial charge < -0.3 is 5.11 Å². The first kappa shape index (κ1) is 40.7. The number of thioether (sulfide) groups is 2. The maximum Gasteiger partial charge on any atom is 0.124 e. The van der Waals surface area contributed by atoms with E-state index in [2.05, 4.69) is 69.4 Å². The normalized spacial score (nSPS) is 12.4. The van der Waals surface area contributed by atoms with Crippen molar-refractivity contribution >= 4 is 23.5 Å². The summed E-state index contributed by atoms with van der Waals surface area (Å²) in [6.45, 7) is 9.18. The van der Waals surface area contributed by atoms with Crippen LogP contribution in [0.5, 0.6) is 5.75 Å². The summed E-state index contributed by atoms with van der Waals surface area (Å²) in [5, 5.41) is 11.6. The van der Waals surface area contributed by atoms with Gasteiger partial charge in [-0.1, -0.05) is 187 Å². The van der Waals surface area contributed by atoms with Crippen LogP contribution in [0.15, 0.2) is 18.2 Å². The molecular weight excluding hydrogens is 561 g/mol. The number of phenolic OH excluding ortho intramolecular Hbond substituents is 1. The van der Waals surface area contributed by atoms with E-state index in [1.165, 1.54) is 190 Å². The van der Waals surface area contributed by atoms with Gasteiger partial charge in [-0.25, -0.2) is 0 Å². The van der Waals surface area contributed by atoms with E-state index in [4.69, 9.17) is 0 Å². The molecule has 0 fully saturated rings. The molecule has 1 unspecified atom stereocenters. The molecule has 0 aliphatic rings. The molecule has 1 rings (SSSR count). The van der Waals surface area contributed by atoms with Crippen molar-refractivity contribution in [3.8, 4) is 5.75 Å². The maximum atomic E-state index is 11.6. The smallest absolute Gasteiger partial charge is 0.124 e. The van der Waals surface area contributed by atoms with Crippen molar-refractivity contribution in [3.63, 3.8) is 0 Å². The van der Waals surface area contributed by atoms with Crippen molar-refractivity contribution in [2.45, 2.75) is 205 Å². The van der Waals surface area contributed by atoms with E-state index in [1.807, 2.05) is 0 Å². The molecule has 1 aromatic rings. The summed E-state index contributed by atoms with van der Waals surface area (Å²) < 4.78 is 0.356. The van der Waals surface area contributed by atoms with Gasteiger partial charge in [0, 0.05) is 5.56 Å². The molecule has 0 aliphatic carbocycles. The molecule has 0 aliphatic heterocycles. The van der Waals surface area contributed by atoms with E-state index in [0.29, 0.717) is 16.2 Å². The number of hydrogen-bond acceptors (Lipinski definition) is 3. The second kappa shape index (κ2) is 30.4. The predicted molar refractivity (Wildman–Crippen MR) is 201 cm³/mol. The van der Waals surface area contributed by atoms with Gasteiger partial charge in [0.25, 0.3) is 0 Å². The molecule has 1 aromatic carbocycles. The zero-order valence-electron chi connectivity index (χ0n) is 29.4. The Hall–Kier alpha value is -0.280. The Kier molecular flexibility index (Phi) is 28.8. The first-order chi connectivity index (χ1) is 21.2. The first-order valence-corrected chi connectivity index (χ1v) is 21.3. The average molecular weight is 635 g/mol. The highest BCUT2D eigenvalue weighted by atomic mass is 32.2. The van der Waals surface area contributed by atoms with Gasteiger partial charge in [0.15, 0.2) is 0 Å². The van der Waals surface area contributed by atoms with E-state index < -0.39 is 0 Å². The lowest BCUT2D eigenvalue weighted by Gasteiger charge is -2.23. The molecule has 0 aromatic heterocycles. The highest BCUT2D eigenvalue weighted by molar-refractivity contribution is 8.16. The summed E-state index contributed by atoms with van der Waals surface area (Å²) in [6.07, 6.45) is 35.3. The zero-order valence-corrected chi connectivity index (χ0v) is 31.1. The summed E-state index contributed by atoms with van der Waals surface area (Å²) in [5.74, 6) is 3.54. The number of para-hydroxylation sites is 1. The van der Waals surface area contributed by atoms with Crippen molar-refractivity contribution in [2.24, 2.45) is 0 Å². The van der Waals surface area contributed by atoms with Crippen LogP contribution in [0.25, 0.3) is 0 Å². The van der Waals surface area contributed by atoms with Crippen LogP contribution in [0.3, 0.4) is 0 Å². The van der Waals surface area contributed by atoms with Crippen LogP contribution < -0.4 is 0 Å². The van der Waals surface area contributed by atoms with E-state index in [-0.39, 0.29) is 0 Å². The van der Waals surface area contributed by atoms with Crippen LogP contribution in [0.4, 0.5) is 0 Å². The summed E-state index contributed by atoms with van der Waals surface area (Å²) in [4.78, 5) is 0. The lowest BCUT2D eigenvalue weighted by atomic mass is 9.88. The predicted octanol–water partition coefficient (Wildman–Crippen LogP) is 15.2. The van der Waals surface area contributed by atoms with Gasteiger partial charge in [-0.05, 0) is 48.7 Å². The summed E-state index contributed by atoms with van der Waals surface area (Å²) in [5.41, 5.74) is 2.42. The third-order valence-corrected chi connectivity index (χ3v) is 12.1. The quantitative estimate of drug-likeness (QED) is 0.0629. The Balaban J connectivity index is 2.62. The van der Waals surface area contributed by atoms with Crippen LogP contribution in [-0.4, -0.2) is 16.6 Å². The average Bonchev–Trinajstić information content (AvgIpc) is 3.01. The fraction of sp³-hybridized carbons (Fsp3) is 0.850. The van der Waals surface area contributed by atoms with Crippen molar-refractivity contribution < 1.29 is 5.11 Å². The van der Waals surface area contributed by atoms with Gasteiger partial charge in [-0.2, -0.15) is 0 Å². The third-order valence-electron chi connectivity index (χ3n) is 9.12. The fourth-order valence-corrected chi connectivity index (χ4v) is 9.20. The minimum absolute atomic E-state index is 0.356. The Morgan fingerprint density at radius 1 is 0.465 bits per heavy atom.